The van der Waals surface area contributed by atoms with Crippen LogP contribution in [0.15, 0.2) is 183 Å². The van der Waals surface area contributed by atoms with Gasteiger partial charge in [0.15, 0.2) is 6.29 Å². The Balaban J connectivity index is 1.02. The molecule has 0 spiro atoms. The smallest absolute Gasteiger partial charge is 0.158 e. The van der Waals surface area contributed by atoms with Crippen LogP contribution in [0.1, 0.15) is 216 Å². The number of aromatic nitrogens is 4. The summed E-state index contributed by atoms with van der Waals surface area (Å²) in [5.41, 5.74) is 9.21. The van der Waals surface area contributed by atoms with Crippen LogP contribution in [0.2, 0.25) is 0 Å². The molecule has 1 saturated heterocycles. The Labute approximate surface area is 689 Å². The van der Waals surface area contributed by atoms with E-state index >= 15 is 0 Å². The highest BCUT2D eigenvalue weighted by atomic mass is 16.7. The second-order valence-corrected chi connectivity index (χ2v) is 30.9. The van der Waals surface area contributed by atoms with Gasteiger partial charge in [-0.1, -0.05) is 204 Å². The molecule has 10 aromatic heterocycles. The normalized spacial score (nSPS) is 12.6. The van der Waals surface area contributed by atoms with Gasteiger partial charge in [-0.3, -0.25) is 19.9 Å². The maximum absolute atomic E-state index is 6.44. The molecule has 1 fully saturated rings. The van der Waals surface area contributed by atoms with Crippen molar-refractivity contribution in [2.75, 3.05) is 39.6 Å². The fourth-order valence-electron chi connectivity index (χ4n) is 14.5. The van der Waals surface area contributed by atoms with Gasteiger partial charge in [-0.2, -0.15) is 0 Å². The van der Waals surface area contributed by atoms with Gasteiger partial charge in [0.1, 0.15) is 0 Å². The van der Waals surface area contributed by atoms with E-state index < -0.39 is 0 Å². The summed E-state index contributed by atoms with van der Waals surface area (Å²) >= 11 is 0. The Hall–Kier alpha value is -10.1. The summed E-state index contributed by atoms with van der Waals surface area (Å²) in [6, 6.07) is 84.1. The van der Waals surface area contributed by atoms with E-state index in [1.54, 1.807) is 0 Å². The molecule has 11 heteroatoms. The molecule has 0 aliphatic carbocycles. The highest BCUT2D eigenvalue weighted by Crippen LogP contribution is 2.27. The zero-order chi connectivity index (χ0) is 80.0. The van der Waals surface area contributed by atoms with Crippen molar-refractivity contribution >= 4 is 108 Å². The van der Waals surface area contributed by atoms with Crippen LogP contribution in [0.25, 0.3) is 108 Å². The van der Waals surface area contributed by atoms with Crippen LogP contribution in [0.5, 0.6) is 0 Å². The van der Waals surface area contributed by atoms with Crippen molar-refractivity contribution in [3.05, 3.63) is 264 Å². The number of nitrogens with zero attached hydrogens (tertiary/aromatic N) is 4. The lowest BCUT2D eigenvalue weighted by molar-refractivity contribution is -0.168. The quantitative estimate of drug-likeness (QED) is 0.0344. The van der Waals surface area contributed by atoms with Crippen molar-refractivity contribution in [1.82, 2.24) is 19.9 Å². The molecule has 0 radical (unpaired) electrons. The minimum atomic E-state index is -0.253. The molecule has 0 saturated carbocycles. The van der Waals surface area contributed by atoms with E-state index in [4.69, 9.17) is 53.1 Å². The molecule has 1 unspecified atom stereocenters. The first-order valence-electron chi connectivity index (χ1n) is 43.1. The lowest BCUT2D eigenvalue weighted by Gasteiger charge is -2.22. The predicted molar refractivity (Wildman–Crippen MR) is 478 cm³/mol. The highest BCUT2D eigenvalue weighted by Gasteiger charge is 2.15. The van der Waals surface area contributed by atoms with Crippen LogP contribution in [0, 0.1) is 48.5 Å². The molecule has 1 atom stereocenters. The molecule has 116 heavy (non-hydrogen) atoms. The number of pyridine rings is 4. The van der Waals surface area contributed by atoms with Crippen LogP contribution >= 0.6 is 0 Å². The standard InChI is InChI=1S/C105H116N4O7/c1-6-11-16-22-45-110-73-87-53-79-29-33-83-57-89(75-112-47-24-18-13-8-3)65-97(61-83)93-37-41-101(106-69-93)102-42-38-94(70-107-102)98-63-85(59-91(66-98)77-114-49-26-20-15-10-5)35-31-81-52-82(56-88(55-81)74-111-46-23-17-12-7-2)32-36-86-60-92(78-116-105-28-21-27-50-115-105)68-100(64-86)96-40-44-104(109-72-96)103-43-39-95(71-108-103)99-62-84(34-30-80(51-79)54-87)58-90(67-99)76-113-48-25-19-14-9-4/h37-44,51-72,105H,6-28,45-50,73-78H2,1-5H3. The Bertz CT molecular complexity index is 5330. The second-order valence-electron chi connectivity index (χ2n) is 30.9. The van der Waals surface area contributed by atoms with Crippen molar-refractivity contribution < 1.29 is 33.2 Å². The summed E-state index contributed by atoms with van der Waals surface area (Å²) in [5.74, 6) is 0. The Morgan fingerprint density at radius 3 is 0.750 bits per heavy atom. The number of benzene rings is 6. The summed E-state index contributed by atoms with van der Waals surface area (Å²) in [6.07, 6.45) is 33.1. The summed E-state index contributed by atoms with van der Waals surface area (Å²) in [7, 11) is 0. The van der Waals surface area contributed by atoms with E-state index in [1.807, 2.05) is 30.9 Å². The van der Waals surface area contributed by atoms with Crippen LogP contribution in [0.4, 0.5) is 0 Å². The lowest BCUT2D eigenvalue weighted by Crippen LogP contribution is -2.21. The van der Waals surface area contributed by atoms with Gasteiger partial charge in [0.25, 0.3) is 0 Å². The summed E-state index contributed by atoms with van der Waals surface area (Å²) in [6.45, 7) is 18.0. The first-order valence-corrected chi connectivity index (χ1v) is 43.1. The summed E-state index contributed by atoms with van der Waals surface area (Å²) in [5, 5.41) is 14.7. The summed E-state index contributed by atoms with van der Waals surface area (Å²) in [4.78, 5) is 20.3. The van der Waals surface area contributed by atoms with E-state index in [0.717, 1.165) is 225 Å². The minimum Gasteiger partial charge on any atom is -0.377 e. The summed E-state index contributed by atoms with van der Waals surface area (Å²) < 4.78 is 44.3. The number of hydrogen-bond donors (Lipinski definition) is 0. The van der Waals surface area contributed by atoms with E-state index in [-0.39, 0.29) is 6.29 Å². The maximum atomic E-state index is 6.44. The van der Waals surface area contributed by atoms with Gasteiger partial charge in [-0.25, -0.2) is 0 Å². The van der Waals surface area contributed by atoms with Gasteiger partial charge < -0.3 is 33.2 Å². The lowest BCUT2D eigenvalue weighted by atomic mass is 10.1. The molecule has 11 heterocycles. The fraction of sp³-hybridized carbons (Fsp3) is 0.390. The largest absolute Gasteiger partial charge is 0.377 e. The monoisotopic (exact) mass is 1540 g/mol. The van der Waals surface area contributed by atoms with Gasteiger partial charge in [0.2, 0.25) is 0 Å². The predicted octanol–water partition coefficient (Wildman–Crippen LogP) is 26.9. The molecule has 0 amide bonds. The van der Waals surface area contributed by atoms with E-state index in [0.29, 0.717) is 79.3 Å². The molecule has 20 bridgehead atoms. The van der Waals surface area contributed by atoms with E-state index in [1.165, 1.54) is 64.2 Å². The topological polar surface area (TPSA) is 116 Å². The molecule has 18 rings (SSSR count). The molecule has 0 N–H and O–H groups in total. The zero-order valence-electron chi connectivity index (χ0n) is 69.3. The minimum absolute atomic E-state index is 0.253. The molecule has 7 aromatic carbocycles. The van der Waals surface area contributed by atoms with Crippen LogP contribution in [-0.2, 0) is 72.8 Å². The maximum Gasteiger partial charge on any atom is 0.158 e. The van der Waals surface area contributed by atoms with Crippen molar-refractivity contribution in [1.29, 1.82) is 0 Å². The van der Waals surface area contributed by atoms with E-state index in [9.17, 15) is 0 Å². The van der Waals surface area contributed by atoms with Gasteiger partial charge in [-0.05, 0) is 240 Å². The second kappa shape index (κ2) is 47.2. The van der Waals surface area contributed by atoms with Gasteiger partial charge in [0, 0.05) is 129 Å². The van der Waals surface area contributed by atoms with Crippen LogP contribution in [0.3, 0.4) is 0 Å². The average molecular weight is 1550 g/mol. The van der Waals surface area contributed by atoms with Crippen molar-refractivity contribution in [2.45, 2.75) is 228 Å². The fourth-order valence-corrected chi connectivity index (χ4v) is 14.5. The molecule has 17 aromatic rings. The Kier molecular flexibility index (Phi) is 34.7. The molecule has 11 nitrogen and oxygen atoms in total. The molecule has 598 valence electrons. The molecule has 1 aliphatic rings. The Morgan fingerprint density at radius 2 is 0.517 bits per heavy atom. The number of ether oxygens (including phenoxy) is 7. The molecular formula is C105H116N4O7. The molecular weight excluding hydrogens is 1430 g/mol. The third-order valence-corrected chi connectivity index (χ3v) is 20.9. The zero-order valence-corrected chi connectivity index (χ0v) is 69.3. The van der Waals surface area contributed by atoms with E-state index in [2.05, 4.69) is 235 Å². The molecule has 1 aliphatic heterocycles. The first-order chi connectivity index (χ1) is 57.2. The third-order valence-electron chi connectivity index (χ3n) is 20.9. The van der Waals surface area contributed by atoms with Gasteiger partial charge in [0.05, 0.1) is 61.7 Å². The third kappa shape index (κ3) is 27.8. The SMILES string of the molecule is CCCCCCOCc1cc2c#cc3cc(COCCCCCC)cc(c3)c3ccc(nc3)c3ccc(cn3)c3cc(COCCCCCC)cc(c#cc4cc(COCCCCCC)cc(c#cc5cc(COC6CCCCO6)cc(c5)c5ccc(nc5)c5ccc(cn5)c5cc(COCCCCCC)cc(c#cc(c1)c2)c5)c4)c3. The number of hydrogen-bond acceptors (Lipinski definition) is 11. The van der Waals surface area contributed by atoms with Crippen LogP contribution < -0.4 is 0 Å². The van der Waals surface area contributed by atoms with Crippen molar-refractivity contribution in [3.8, 4) is 0 Å². The average Bonchev–Trinajstić information content (AvgIpc) is 0.818. The van der Waals surface area contributed by atoms with Crippen molar-refractivity contribution in [3.63, 3.8) is 0 Å². The van der Waals surface area contributed by atoms with Crippen molar-refractivity contribution in [2.24, 2.45) is 0 Å². The Morgan fingerprint density at radius 1 is 0.267 bits per heavy atom. The number of unbranched alkanes of at least 4 members (excludes halogenated alkanes) is 15. The highest BCUT2D eigenvalue weighted by molar-refractivity contribution is 5.92. The number of rotatable bonds is 38. The van der Waals surface area contributed by atoms with Gasteiger partial charge >= 0.3 is 0 Å². The van der Waals surface area contributed by atoms with Crippen LogP contribution in [-0.4, -0.2) is 65.9 Å². The van der Waals surface area contributed by atoms with Gasteiger partial charge in [-0.15, -0.1) is 0 Å². The first kappa shape index (κ1) is 85.3.